The Labute approximate surface area is 165 Å². The molecule has 3 rings (SSSR count). The minimum atomic E-state index is -1.15. The van der Waals surface area contributed by atoms with Gasteiger partial charge in [-0.05, 0) is 35.9 Å². The molecule has 4 N–H and O–H groups in total. The number of nitrogens with one attached hydrogen (secondary N) is 3. The van der Waals surface area contributed by atoms with Gasteiger partial charge in [0.15, 0.2) is 0 Å². The lowest BCUT2D eigenvalue weighted by Crippen LogP contribution is -2.46. The van der Waals surface area contributed by atoms with Gasteiger partial charge in [0.25, 0.3) is 5.91 Å². The third kappa shape index (κ3) is 4.69. The second-order valence-corrected chi connectivity index (χ2v) is 6.65. The van der Waals surface area contributed by atoms with E-state index in [-0.39, 0.29) is 13.0 Å². The summed E-state index contributed by atoms with van der Waals surface area (Å²) in [6, 6.07) is 12.6. The number of para-hydroxylation sites is 1. The molecule has 0 fully saturated rings. The molecule has 8 heteroatoms. The van der Waals surface area contributed by atoms with E-state index in [1.54, 1.807) is 18.3 Å². The second-order valence-electron chi connectivity index (χ2n) is 6.21. The Morgan fingerprint density at radius 2 is 1.79 bits per heavy atom. The monoisotopic (exact) mass is 399 g/mol. The van der Waals surface area contributed by atoms with E-state index in [0.717, 1.165) is 16.5 Å². The first-order valence-corrected chi connectivity index (χ1v) is 8.93. The number of aliphatic carboxylic acids is 1. The summed E-state index contributed by atoms with van der Waals surface area (Å²) >= 11 is 5.77. The van der Waals surface area contributed by atoms with Crippen molar-refractivity contribution in [3.8, 4) is 0 Å². The topological polar surface area (TPSA) is 111 Å². The van der Waals surface area contributed by atoms with Crippen LogP contribution >= 0.6 is 11.6 Å². The number of halogens is 1. The van der Waals surface area contributed by atoms with Gasteiger partial charge in [-0.3, -0.25) is 9.59 Å². The Kier molecular flexibility index (Phi) is 5.96. The highest BCUT2D eigenvalue weighted by atomic mass is 35.5. The molecule has 3 aromatic rings. The Bertz CT molecular complexity index is 1010. The van der Waals surface area contributed by atoms with Gasteiger partial charge in [-0.1, -0.05) is 29.8 Å². The molecule has 0 bridgehead atoms. The van der Waals surface area contributed by atoms with Crippen molar-refractivity contribution in [1.29, 1.82) is 0 Å². The van der Waals surface area contributed by atoms with Crippen LogP contribution in [-0.4, -0.2) is 40.5 Å². The van der Waals surface area contributed by atoms with Crippen LogP contribution in [0.4, 0.5) is 0 Å². The van der Waals surface area contributed by atoms with Crippen LogP contribution in [0, 0.1) is 0 Å². The average molecular weight is 400 g/mol. The van der Waals surface area contributed by atoms with Crippen LogP contribution in [0.25, 0.3) is 10.9 Å². The number of carboxylic acid groups (broad SMARTS) is 1. The summed E-state index contributed by atoms with van der Waals surface area (Å²) in [5, 5.41) is 15.8. The maximum Gasteiger partial charge on any atom is 0.326 e. The summed E-state index contributed by atoms with van der Waals surface area (Å²) in [5.41, 5.74) is 2.03. The van der Waals surface area contributed by atoms with Crippen LogP contribution in [-0.2, 0) is 16.0 Å². The summed E-state index contributed by atoms with van der Waals surface area (Å²) in [7, 11) is 0. The smallest absolute Gasteiger partial charge is 0.326 e. The summed E-state index contributed by atoms with van der Waals surface area (Å²) < 4.78 is 0. The highest BCUT2D eigenvalue weighted by Gasteiger charge is 2.22. The Balaban J connectivity index is 1.59. The van der Waals surface area contributed by atoms with Gasteiger partial charge in [-0.2, -0.15) is 0 Å². The molecule has 0 aliphatic heterocycles. The molecule has 1 heterocycles. The van der Waals surface area contributed by atoms with E-state index in [2.05, 4.69) is 15.6 Å². The quantitative estimate of drug-likeness (QED) is 0.488. The highest BCUT2D eigenvalue weighted by molar-refractivity contribution is 6.30. The molecule has 144 valence electrons. The van der Waals surface area contributed by atoms with Gasteiger partial charge in [-0.25, -0.2) is 4.79 Å². The molecule has 0 aliphatic carbocycles. The zero-order valence-corrected chi connectivity index (χ0v) is 15.5. The van der Waals surface area contributed by atoms with Crippen molar-refractivity contribution in [2.24, 2.45) is 0 Å². The molecule has 1 aromatic heterocycles. The molecule has 2 amide bonds. The molecule has 1 atom stereocenters. The SMILES string of the molecule is O=C(CNC(=O)c1ccc(Cl)cc1)N[C@H](Cc1c[nH]c2ccccc12)C(=O)O. The molecule has 7 nitrogen and oxygen atoms in total. The molecule has 2 aromatic carbocycles. The third-order valence-electron chi connectivity index (χ3n) is 4.25. The number of fused-ring (bicyclic) bond motifs is 1. The van der Waals surface area contributed by atoms with E-state index < -0.39 is 23.8 Å². The standard InChI is InChI=1S/C20H18ClN3O4/c21-14-7-5-12(6-8-14)19(26)23-11-18(25)24-17(20(27)28)9-13-10-22-16-4-2-1-3-15(13)16/h1-8,10,17,22H,9,11H2,(H,23,26)(H,24,25)(H,27,28)/t17-/m1/s1. The number of carbonyl (C=O) groups is 3. The van der Waals surface area contributed by atoms with Crippen LogP contribution in [0.3, 0.4) is 0 Å². The van der Waals surface area contributed by atoms with Crippen molar-refractivity contribution in [2.75, 3.05) is 6.54 Å². The third-order valence-corrected chi connectivity index (χ3v) is 4.50. The first-order valence-electron chi connectivity index (χ1n) is 8.55. The van der Waals surface area contributed by atoms with Gasteiger partial charge in [0.05, 0.1) is 6.54 Å². The maximum absolute atomic E-state index is 12.1. The summed E-state index contributed by atoms with van der Waals surface area (Å²) in [6.45, 7) is -0.334. The normalized spacial score (nSPS) is 11.8. The fraction of sp³-hybridized carbons (Fsp3) is 0.150. The lowest BCUT2D eigenvalue weighted by Gasteiger charge is -2.14. The van der Waals surface area contributed by atoms with Crippen LogP contribution in [0.2, 0.25) is 5.02 Å². The number of carbonyl (C=O) groups excluding carboxylic acids is 2. The zero-order valence-electron chi connectivity index (χ0n) is 14.7. The number of hydrogen-bond acceptors (Lipinski definition) is 3. The average Bonchev–Trinajstić information content (AvgIpc) is 3.09. The van der Waals surface area contributed by atoms with Crippen LogP contribution in [0.15, 0.2) is 54.7 Å². The Hall–Kier alpha value is -3.32. The maximum atomic E-state index is 12.1. The largest absolute Gasteiger partial charge is 0.480 e. The van der Waals surface area contributed by atoms with Gasteiger partial charge in [0, 0.05) is 34.1 Å². The fourth-order valence-corrected chi connectivity index (χ4v) is 2.96. The van der Waals surface area contributed by atoms with Crippen molar-refractivity contribution >= 4 is 40.3 Å². The molecule has 0 unspecified atom stereocenters. The molecule has 0 spiro atoms. The van der Waals surface area contributed by atoms with Gasteiger partial charge in [-0.15, -0.1) is 0 Å². The van der Waals surface area contributed by atoms with Gasteiger partial charge in [0.1, 0.15) is 6.04 Å². The molecular formula is C20H18ClN3O4. The second kappa shape index (κ2) is 8.58. The number of aromatic nitrogens is 1. The summed E-state index contributed by atoms with van der Waals surface area (Å²) in [5.74, 6) is -2.19. The number of amides is 2. The minimum Gasteiger partial charge on any atom is -0.480 e. The predicted molar refractivity (Wildman–Crippen MR) is 105 cm³/mol. The number of aromatic amines is 1. The number of benzene rings is 2. The van der Waals surface area contributed by atoms with Crippen molar-refractivity contribution in [3.05, 3.63) is 70.9 Å². The van der Waals surface area contributed by atoms with Crippen LogP contribution < -0.4 is 10.6 Å². The number of rotatable bonds is 7. The fourth-order valence-electron chi connectivity index (χ4n) is 2.83. The van der Waals surface area contributed by atoms with E-state index in [1.807, 2.05) is 24.3 Å². The molecule has 0 radical (unpaired) electrons. The summed E-state index contributed by atoms with van der Waals surface area (Å²) in [6.07, 6.45) is 1.85. The van der Waals surface area contributed by atoms with Crippen molar-refractivity contribution in [3.63, 3.8) is 0 Å². The van der Waals surface area contributed by atoms with E-state index in [0.29, 0.717) is 10.6 Å². The van der Waals surface area contributed by atoms with Gasteiger partial charge in [0.2, 0.25) is 5.91 Å². The van der Waals surface area contributed by atoms with E-state index in [1.165, 1.54) is 12.1 Å². The van der Waals surface area contributed by atoms with Crippen LogP contribution in [0.5, 0.6) is 0 Å². The van der Waals surface area contributed by atoms with Crippen molar-refractivity contribution in [2.45, 2.75) is 12.5 Å². The van der Waals surface area contributed by atoms with Crippen LogP contribution in [0.1, 0.15) is 15.9 Å². The molecule has 0 saturated carbocycles. The first-order chi connectivity index (χ1) is 13.4. The van der Waals surface area contributed by atoms with E-state index >= 15 is 0 Å². The molecular weight excluding hydrogens is 382 g/mol. The number of carboxylic acids is 1. The molecule has 0 saturated heterocycles. The Morgan fingerprint density at radius 3 is 2.50 bits per heavy atom. The van der Waals surface area contributed by atoms with Crippen molar-refractivity contribution < 1.29 is 19.5 Å². The molecule has 28 heavy (non-hydrogen) atoms. The lowest BCUT2D eigenvalue weighted by atomic mass is 10.0. The van der Waals surface area contributed by atoms with E-state index in [9.17, 15) is 19.5 Å². The van der Waals surface area contributed by atoms with Gasteiger partial charge < -0.3 is 20.7 Å². The number of hydrogen-bond donors (Lipinski definition) is 4. The lowest BCUT2D eigenvalue weighted by molar-refractivity contribution is -0.141. The van der Waals surface area contributed by atoms with Gasteiger partial charge >= 0.3 is 5.97 Å². The zero-order chi connectivity index (χ0) is 20.1. The highest BCUT2D eigenvalue weighted by Crippen LogP contribution is 2.19. The predicted octanol–water partition coefficient (Wildman–Crippen LogP) is 2.36. The summed E-state index contributed by atoms with van der Waals surface area (Å²) in [4.78, 5) is 38.8. The number of H-pyrrole nitrogens is 1. The Morgan fingerprint density at radius 1 is 1.07 bits per heavy atom. The molecule has 0 aliphatic rings. The van der Waals surface area contributed by atoms with Crippen molar-refractivity contribution in [1.82, 2.24) is 15.6 Å². The van der Waals surface area contributed by atoms with E-state index in [4.69, 9.17) is 11.6 Å². The first kappa shape index (κ1) is 19.4. The minimum absolute atomic E-state index is 0.121.